The van der Waals surface area contributed by atoms with Crippen LogP contribution in [0.4, 0.5) is 10.7 Å². The summed E-state index contributed by atoms with van der Waals surface area (Å²) < 4.78 is 5.06. The lowest BCUT2D eigenvalue weighted by molar-refractivity contribution is -0.384. The number of esters is 1. The number of benzene rings is 1. The molecule has 0 aliphatic carbocycles. The first-order valence-corrected chi connectivity index (χ1v) is 9.73. The number of carbonyl (C=O) groups excluding carboxylic acids is 3. The van der Waals surface area contributed by atoms with E-state index in [1.165, 1.54) is 41.3 Å². The van der Waals surface area contributed by atoms with Crippen molar-refractivity contribution in [3.05, 3.63) is 62.0 Å². The summed E-state index contributed by atoms with van der Waals surface area (Å²) in [5, 5.41) is 13.5. The van der Waals surface area contributed by atoms with Gasteiger partial charge in [-0.15, -0.1) is 11.3 Å². The Morgan fingerprint density at radius 3 is 2.40 bits per heavy atom. The molecule has 10 heteroatoms. The minimum atomic E-state index is -0.626. The lowest BCUT2D eigenvalue weighted by Gasteiger charge is -2.09. The Morgan fingerprint density at radius 2 is 1.87 bits per heavy atom. The Bertz CT molecular complexity index is 1010. The molecular weight excluding hydrogens is 410 g/mol. The maximum absolute atomic E-state index is 12.4. The Morgan fingerprint density at radius 1 is 1.23 bits per heavy atom. The van der Waals surface area contributed by atoms with Gasteiger partial charge in [0, 0.05) is 32.3 Å². The minimum Gasteiger partial charge on any atom is -0.462 e. The number of hydrogen-bond acceptors (Lipinski definition) is 7. The smallest absolute Gasteiger partial charge is 0.341 e. The van der Waals surface area contributed by atoms with Crippen molar-refractivity contribution in [2.75, 3.05) is 26.0 Å². The second-order valence-electron chi connectivity index (χ2n) is 6.35. The first-order valence-electron chi connectivity index (χ1n) is 8.91. The molecule has 0 radical (unpaired) electrons. The molecule has 0 aliphatic heterocycles. The SMILES string of the molecule is CCOC(=O)c1c(NC(=O)C=Cc2ccc([N+](=O)[O-])cc2)sc(C(=O)N(C)C)c1C. The van der Waals surface area contributed by atoms with Crippen LogP contribution in [-0.4, -0.2) is 48.3 Å². The summed E-state index contributed by atoms with van der Waals surface area (Å²) in [6, 6.07) is 5.68. The van der Waals surface area contributed by atoms with E-state index in [-0.39, 0.29) is 28.8 Å². The number of nitro benzene ring substituents is 1. The van der Waals surface area contributed by atoms with Gasteiger partial charge in [-0.25, -0.2) is 4.79 Å². The fourth-order valence-electron chi connectivity index (χ4n) is 2.49. The topological polar surface area (TPSA) is 119 Å². The summed E-state index contributed by atoms with van der Waals surface area (Å²) in [7, 11) is 3.19. The maximum atomic E-state index is 12.4. The van der Waals surface area contributed by atoms with Gasteiger partial charge in [-0.1, -0.05) is 0 Å². The number of non-ortho nitro benzene ring substituents is 1. The number of hydrogen-bond donors (Lipinski definition) is 1. The van der Waals surface area contributed by atoms with E-state index in [1.54, 1.807) is 27.9 Å². The molecule has 9 nitrogen and oxygen atoms in total. The zero-order chi connectivity index (χ0) is 22.4. The van der Waals surface area contributed by atoms with Crippen molar-refractivity contribution >= 4 is 45.9 Å². The van der Waals surface area contributed by atoms with Crippen molar-refractivity contribution in [2.45, 2.75) is 13.8 Å². The molecule has 0 fully saturated rings. The molecule has 2 aromatic rings. The first-order chi connectivity index (χ1) is 14.1. The van der Waals surface area contributed by atoms with Crippen LogP contribution in [0.5, 0.6) is 0 Å². The Labute approximate surface area is 177 Å². The highest BCUT2D eigenvalue weighted by molar-refractivity contribution is 7.18. The van der Waals surface area contributed by atoms with Crippen molar-refractivity contribution in [2.24, 2.45) is 0 Å². The quantitative estimate of drug-likeness (QED) is 0.310. The molecule has 30 heavy (non-hydrogen) atoms. The van der Waals surface area contributed by atoms with Crippen molar-refractivity contribution in [1.29, 1.82) is 0 Å². The highest BCUT2D eigenvalue weighted by Gasteiger charge is 2.27. The molecular formula is C20H21N3O6S. The van der Waals surface area contributed by atoms with Crippen molar-refractivity contribution < 1.29 is 24.0 Å². The van der Waals surface area contributed by atoms with Gasteiger partial charge >= 0.3 is 5.97 Å². The van der Waals surface area contributed by atoms with Crippen LogP contribution in [0.3, 0.4) is 0 Å². The van der Waals surface area contributed by atoms with Crippen molar-refractivity contribution in [3.63, 3.8) is 0 Å². The van der Waals surface area contributed by atoms with Crippen LogP contribution in [0.1, 0.15) is 38.1 Å². The molecule has 0 unspecified atom stereocenters. The number of rotatable bonds is 7. The molecule has 2 amide bonds. The van der Waals surface area contributed by atoms with Gasteiger partial charge in [0.05, 0.1) is 22.0 Å². The van der Waals surface area contributed by atoms with Crippen LogP contribution in [-0.2, 0) is 9.53 Å². The van der Waals surface area contributed by atoms with E-state index in [9.17, 15) is 24.5 Å². The third kappa shape index (κ3) is 5.29. The van der Waals surface area contributed by atoms with Crippen molar-refractivity contribution in [1.82, 2.24) is 4.90 Å². The van der Waals surface area contributed by atoms with Gasteiger partial charge in [-0.2, -0.15) is 0 Å². The number of nitrogens with one attached hydrogen (secondary N) is 1. The molecule has 2 rings (SSSR count). The third-order valence-electron chi connectivity index (χ3n) is 3.99. The third-order valence-corrected chi connectivity index (χ3v) is 5.19. The van der Waals surface area contributed by atoms with E-state index < -0.39 is 16.8 Å². The number of ether oxygens (including phenoxy) is 1. The number of nitro groups is 1. The summed E-state index contributed by atoms with van der Waals surface area (Å²) in [6.07, 6.45) is 2.72. The predicted octanol–water partition coefficient (Wildman–Crippen LogP) is 3.50. The average Bonchev–Trinajstić information content (AvgIpc) is 3.01. The molecule has 1 aromatic carbocycles. The van der Waals surface area contributed by atoms with E-state index >= 15 is 0 Å². The monoisotopic (exact) mass is 431 g/mol. The number of carbonyl (C=O) groups is 3. The van der Waals surface area contributed by atoms with E-state index in [0.717, 1.165) is 11.3 Å². The average molecular weight is 431 g/mol. The second-order valence-corrected chi connectivity index (χ2v) is 7.37. The Kier molecular flexibility index (Phi) is 7.43. The molecule has 0 saturated heterocycles. The largest absolute Gasteiger partial charge is 0.462 e. The predicted molar refractivity (Wildman–Crippen MR) is 114 cm³/mol. The molecule has 0 aliphatic rings. The van der Waals surface area contributed by atoms with Crippen LogP contribution in [0.2, 0.25) is 0 Å². The van der Waals surface area contributed by atoms with Gasteiger partial charge in [0.15, 0.2) is 0 Å². The lowest BCUT2D eigenvalue weighted by Crippen LogP contribution is -2.21. The standard InChI is InChI=1S/C20H21N3O6S/c1-5-29-20(26)16-12(2)17(19(25)22(3)4)30-18(16)21-15(24)11-8-13-6-9-14(10-7-13)23(27)28/h6-11H,5H2,1-4H3,(H,21,24). The summed E-state index contributed by atoms with van der Waals surface area (Å²) in [4.78, 5) is 49.0. The van der Waals surface area contributed by atoms with Crippen LogP contribution in [0.25, 0.3) is 6.08 Å². The number of anilines is 1. The number of nitrogens with zero attached hydrogens (tertiary/aromatic N) is 2. The molecule has 158 valence electrons. The molecule has 0 saturated carbocycles. The van der Waals surface area contributed by atoms with Gasteiger partial charge in [0.2, 0.25) is 5.91 Å². The van der Waals surface area contributed by atoms with Gasteiger partial charge in [-0.3, -0.25) is 19.7 Å². The summed E-state index contributed by atoms with van der Waals surface area (Å²) >= 11 is 0.999. The van der Waals surface area contributed by atoms with Crippen LogP contribution in [0.15, 0.2) is 30.3 Å². The van der Waals surface area contributed by atoms with E-state index in [2.05, 4.69) is 5.32 Å². The summed E-state index contributed by atoms with van der Waals surface area (Å²) in [5.74, 6) is -1.44. The Balaban J connectivity index is 2.27. The highest BCUT2D eigenvalue weighted by atomic mass is 32.1. The zero-order valence-electron chi connectivity index (χ0n) is 16.9. The fourth-order valence-corrected chi connectivity index (χ4v) is 3.71. The fraction of sp³-hybridized carbons (Fsp3) is 0.250. The summed E-state index contributed by atoms with van der Waals surface area (Å²) in [6.45, 7) is 3.44. The van der Waals surface area contributed by atoms with Crippen LogP contribution >= 0.6 is 11.3 Å². The molecule has 1 heterocycles. The summed E-state index contributed by atoms with van der Waals surface area (Å²) in [5.41, 5.74) is 1.12. The lowest BCUT2D eigenvalue weighted by atomic mass is 10.1. The number of amides is 2. The van der Waals surface area contributed by atoms with Gasteiger partial charge in [-0.05, 0) is 43.2 Å². The minimum absolute atomic E-state index is 0.0529. The molecule has 0 atom stereocenters. The second kappa shape index (κ2) is 9.79. The first kappa shape index (κ1) is 22.8. The maximum Gasteiger partial charge on any atom is 0.341 e. The van der Waals surface area contributed by atoms with E-state index in [4.69, 9.17) is 4.74 Å². The van der Waals surface area contributed by atoms with E-state index in [0.29, 0.717) is 16.0 Å². The molecule has 0 spiro atoms. The zero-order valence-corrected chi connectivity index (χ0v) is 17.7. The number of thiophene rings is 1. The van der Waals surface area contributed by atoms with E-state index in [1.807, 2.05) is 0 Å². The van der Waals surface area contributed by atoms with Gasteiger partial charge in [0.1, 0.15) is 5.00 Å². The van der Waals surface area contributed by atoms with Gasteiger partial charge in [0.25, 0.3) is 11.6 Å². The van der Waals surface area contributed by atoms with Crippen LogP contribution < -0.4 is 5.32 Å². The molecule has 1 aromatic heterocycles. The molecule has 1 N–H and O–H groups in total. The Hall–Kier alpha value is -3.53. The van der Waals surface area contributed by atoms with Gasteiger partial charge < -0.3 is 15.0 Å². The highest BCUT2D eigenvalue weighted by Crippen LogP contribution is 2.34. The van der Waals surface area contributed by atoms with Crippen LogP contribution in [0, 0.1) is 17.0 Å². The normalized spacial score (nSPS) is 10.7. The molecule has 0 bridgehead atoms. The van der Waals surface area contributed by atoms with Crippen molar-refractivity contribution in [3.8, 4) is 0 Å².